The summed E-state index contributed by atoms with van der Waals surface area (Å²) in [5, 5.41) is 14.1. The Bertz CT molecular complexity index is 1080. The quantitative estimate of drug-likeness (QED) is 0.489. The SMILES string of the molecule is Cc1cc([N+](=O)[O-])ccc1NC(=O)c1sc2[nH]c(=O)cc(C)c2c1N. The zero-order chi connectivity index (χ0) is 18.3. The summed E-state index contributed by atoms with van der Waals surface area (Å²) in [7, 11) is 0. The van der Waals surface area contributed by atoms with Crippen LogP contribution in [0.1, 0.15) is 20.8 Å². The number of anilines is 2. The van der Waals surface area contributed by atoms with E-state index in [9.17, 15) is 19.7 Å². The maximum absolute atomic E-state index is 12.6. The summed E-state index contributed by atoms with van der Waals surface area (Å²) in [6.07, 6.45) is 0. The predicted octanol–water partition coefficient (Wildman–Crippen LogP) is 2.95. The average molecular weight is 358 g/mol. The van der Waals surface area contributed by atoms with Crippen molar-refractivity contribution in [1.29, 1.82) is 0 Å². The van der Waals surface area contributed by atoms with E-state index < -0.39 is 10.8 Å². The zero-order valence-corrected chi connectivity index (χ0v) is 14.2. The van der Waals surface area contributed by atoms with Crippen molar-refractivity contribution in [2.24, 2.45) is 0 Å². The van der Waals surface area contributed by atoms with Crippen molar-refractivity contribution in [2.75, 3.05) is 11.1 Å². The number of aryl methyl sites for hydroxylation is 2. The fourth-order valence-electron chi connectivity index (χ4n) is 2.59. The molecule has 0 saturated carbocycles. The van der Waals surface area contributed by atoms with E-state index in [1.807, 2.05) is 0 Å². The number of amides is 1. The van der Waals surface area contributed by atoms with Gasteiger partial charge in [0.05, 0.1) is 10.6 Å². The molecule has 2 heterocycles. The van der Waals surface area contributed by atoms with E-state index in [4.69, 9.17) is 5.73 Å². The fraction of sp³-hybridized carbons (Fsp3) is 0.125. The van der Waals surface area contributed by atoms with Crippen LogP contribution in [0.25, 0.3) is 10.2 Å². The van der Waals surface area contributed by atoms with Gasteiger partial charge in [0.25, 0.3) is 11.6 Å². The first-order chi connectivity index (χ1) is 11.8. The van der Waals surface area contributed by atoms with Gasteiger partial charge in [0.1, 0.15) is 9.71 Å². The highest BCUT2D eigenvalue weighted by molar-refractivity contribution is 7.21. The van der Waals surface area contributed by atoms with Crippen LogP contribution in [0.15, 0.2) is 29.1 Å². The number of aromatic amines is 1. The van der Waals surface area contributed by atoms with Crippen LogP contribution in [-0.2, 0) is 0 Å². The number of pyridine rings is 1. The Morgan fingerprint density at radius 1 is 1.28 bits per heavy atom. The molecule has 2 aromatic heterocycles. The number of nitro benzene ring substituents is 1. The van der Waals surface area contributed by atoms with Gasteiger partial charge in [0.2, 0.25) is 5.56 Å². The number of aromatic nitrogens is 1. The van der Waals surface area contributed by atoms with Crippen molar-refractivity contribution in [1.82, 2.24) is 4.98 Å². The number of carbonyl (C=O) groups excluding carboxylic acids is 1. The second-order valence-electron chi connectivity index (χ2n) is 5.58. The van der Waals surface area contributed by atoms with Crippen LogP contribution >= 0.6 is 11.3 Å². The molecule has 9 heteroatoms. The molecule has 0 radical (unpaired) electrons. The first kappa shape index (κ1) is 16.7. The molecule has 0 aliphatic rings. The first-order valence-corrected chi connectivity index (χ1v) is 8.08. The van der Waals surface area contributed by atoms with Gasteiger partial charge in [-0.25, -0.2) is 0 Å². The number of nitro groups is 1. The van der Waals surface area contributed by atoms with Gasteiger partial charge < -0.3 is 16.0 Å². The Kier molecular flexibility index (Phi) is 4.01. The van der Waals surface area contributed by atoms with Gasteiger partial charge in [-0.2, -0.15) is 0 Å². The second-order valence-corrected chi connectivity index (χ2v) is 6.60. The summed E-state index contributed by atoms with van der Waals surface area (Å²) in [6, 6.07) is 5.60. The molecular formula is C16H14N4O4S. The van der Waals surface area contributed by atoms with Crippen molar-refractivity contribution in [2.45, 2.75) is 13.8 Å². The molecule has 0 unspecified atom stereocenters. The number of hydrogen-bond donors (Lipinski definition) is 3. The number of rotatable bonds is 3. The highest BCUT2D eigenvalue weighted by Crippen LogP contribution is 2.34. The summed E-state index contributed by atoms with van der Waals surface area (Å²) in [6.45, 7) is 3.42. The minimum absolute atomic E-state index is 0.0509. The number of non-ortho nitro benzene ring substituents is 1. The van der Waals surface area contributed by atoms with Gasteiger partial charge in [0.15, 0.2) is 0 Å². The van der Waals surface area contributed by atoms with Gasteiger partial charge in [-0.3, -0.25) is 19.7 Å². The second kappa shape index (κ2) is 6.02. The van der Waals surface area contributed by atoms with E-state index >= 15 is 0 Å². The van der Waals surface area contributed by atoms with E-state index in [0.29, 0.717) is 32.7 Å². The standard InChI is InChI=1S/C16H14N4O4S/c1-7-5-9(20(23)24)3-4-10(7)18-15(22)14-13(17)12-8(2)6-11(21)19-16(12)25-14/h3-6H,17H2,1-2H3,(H,18,22)(H,19,21). The predicted molar refractivity (Wildman–Crippen MR) is 97.4 cm³/mol. The third-order valence-corrected chi connectivity index (χ3v) is 4.92. The molecule has 0 fully saturated rings. The molecule has 0 aliphatic heterocycles. The number of nitrogens with one attached hydrogen (secondary N) is 2. The van der Waals surface area contributed by atoms with Crippen molar-refractivity contribution >= 4 is 44.5 Å². The number of benzene rings is 1. The Morgan fingerprint density at radius 3 is 2.64 bits per heavy atom. The minimum Gasteiger partial charge on any atom is -0.397 e. The van der Waals surface area contributed by atoms with Gasteiger partial charge in [-0.15, -0.1) is 11.3 Å². The summed E-state index contributed by atoms with van der Waals surface area (Å²) < 4.78 is 0. The summed E-state index contributed by atoms with van der Waals surface area (Å²) in [5.41, 5.74) is 7.78. The van der Waals surface area contributed by atoms with Crippen LogP contribution in [0.3, 0.4) is 0 Å². The molecule has 128 valence electrons. The molecule has 0 atom stereocenters. The summed E-state index contributed by atoms with van der Waals surface area (Å²) in [5.74, 6) is -0.434. The van der Waals surface area contributed by atoms with Gasteiger partial charge >= 0.3 is 0 Å². The van der Waals surface area contributed by atoms with Crippen LogP contribution < -0.4 is 16.6 Å². The summed E-state index contributed by atoms with van der Waals surface area (Å²) >= 11 is 1.09. The molecule has 3 rings (SSSR count). The molecular weight excluding hydrogens is 344 g/mol. The van der Waals surface area contributed by atoms with Crippen molar-refractivity contribution in [3.8, 4) is 0 Å². The Hall–Kier alpha value is -3.20. The number of fused-ring (bicyclic) bond motifs is 1. The zero-order valence-electron chi connectivity index (χ0n) is 13.4. The van der Waals surface area contributed by atoms with Crippen LogP contribution in [0, 0.1) is 24.0 Å². The van der Waals surface area contributed by atoms with E-state index in [1.54, 1.807) is 13.8 Å². The lowest BCUT2D eigenvalue weighted by Gasteiger charge is -2.07. The average Bonchev–Trinajstić information content (AvgIpc) is 2.86. The third-order valence-electron chi connectivity index (χ3n) is 3.80. The van der Waals surface area contributed by atoms with E-state index in [-0.39, 0.29) is 16.1 Å². The normalized spacial score (nSPS) is 10.8. The molecule has 1 aromatic carbocycles. The molecule has 3 aromatic rings. The van der Waals surface area contributed by atoms with Gasteiger partial charge in [-0.05, 0) is 31.0 Å². The maximum Gasteiger partial charge on any atom is 0.269 e. The molecule has 1 amide bonds. The van der Waals surface area contributed by atoms with E-state index in [2.05, 4.69) is 10.3 Å². The number of nitrogens with zero attached hydrogens (tertiary/aromatic N) is 1. The van der Waals surface area contributed by atoms with Crippen LogP contribution in [0.4, 0.5) is 17.1 Å². The highest BCUT2D eigenvalue weighted by atomic mass is 32.1. The van der Waals surface area contributed by atoms with Crippen LogP contribution in [0.2, 0.25) is 0 Å². The van der Waals surface area contributed by atoms with Gasteiger partial charge in [0, 0.05) is 29.3 Å². The molecule has 0 aliphatic carbocycles. The molecule has 0 spiro atoms. The number of carbonyl (C=O) groups is 1. The number of thiophene rings is 1. The Labute approximate surface area is 145 Å². The molecule has 0 bridgehead atoms. The lowest BCUT2D eigenvalue weighted by Crippen LogP contribution is -2.13. The number of nitrogens with two attached hydrogens (primary N) is 1. The Balaban J connectivity index is 1.98. The van der Waals surface area contributed by atoms with Crippen molar-refractivity contribution in [3.63, 3.8) is 0 Å². The van der Waals surface area contributed by atoms with E-state index in [1.165, 1.54) is 24.3 Å². The molecule has 8 nitrogen and oxygen atoms in total. The lowest BCUT2D eigenvalue weighted by atomic mass is 10.1. The van der Waals surface area contributed by atoms with Crippen molar-refractivity contribution < 1.29 is 9.72 Å². The molecule has 4 N–H and O–H groups in total. The van der Waals surface area contributed by atoms with Crippen LogP contribution in [0.5, 0.6) is 0 Å². The number of hydrogen-bond acceptors (Lipinski definition) is 6. The van der Waals surface area contributed by atoms with Gasteiger partial charge in [-0.1, -0.05) is 0 Å². The number of H-pyrrole nitrogens is 1. The fourth-order valence-corrected chi connectivity index (χ4v) is 3.67. The lowest BCUT2D eigenvalue weighted by molar-refractivity contribution is -0.384. The molecule has 0 saturated heterocycles. The third kappa shape index (κ3) is 2.96. The van der Waals surface area contributed by atoms with Crippen LogP contribution in [-0.4, -0.2) is 15.8 Å². The topological polar surface area (TPSA) is 131 Å². The highest BCUT2D eigenvalue weighted by Gasteiger charge is 2.19. The largest absolute Gasteiger partial charge is 0.397 e. The minimum atomic E-state index is -0.498. The summed E-state index contributed by atoms with van der Waals surface area (Å²) in [4.78, 5) is 37.9. The van der Waals surface area contributed by atoms with Crippen molar-refractivity contribution in [3.05, 3.63) is 60.7 Å². The Morgan fingerprint density at radius 2 is 2.00 bits per heavy atom. The smallest absolute Gasteiger partial charge is 0.269 e. The first-order valence-electron chi connectivity index (χ1n) is 7.26. The number of nitrogen functional groups attached to an aromatic ring is 1. The maximum atomic E-state index is 12.6. The monoisotopic (exact) mass is 358 g/mol. The molecule has 25 heavy (non-hydrogen) atoms. The van der Waals surface area contributed by atoms with E-state index in [0.717, 1.165) is 11.3 Å².